The number of benzene rings is 3. The summed E-state index contributed by atoms with van der Waals surface area (Å²) < 4.78 is 0. The lowest BCUT2D eigenvalue weighted by atomic mass is 9.98. The topological polar surface area (TPSA) is 62.6 Å². The first-order valence-electron chi connectivity index (χ1n) is 13.6. The van der Waals surface area contributed by atoms with Gasteiger partial charge in [0.25, 0.3) is 5.91 Å². The molecule has 3 aromatic rings. The summed E-state index contributed by atoms with van der Waals surface area (Å²) in [4.78, 5) is 20.5. The van der Waals surface area contributed by atoms with Gasteiger partial charge in [-0.2, -0.15) is 5.26 Å². The predicted octanol–water partition coefficient (Wildman–Crippen LogP) is 5.13. The number of aryl methyl sites for hydroxylation is 3. The van der Waals surface area contributed by atoms with E-state index in [1.807, 2.05) is 36.1 Å². The van der Waals surface area contributed by atoms with E-state index in [0.717, 1.165) is 56.0 Å². The zero-order valence-corrected chi connectivity index (χ0v) is 22.7. The third-order valence-electron chi connectivity index (χ3n) is 8.02. The Hall–Kier alpha value is -3.82. The molecule has 1 atom stereocenters. The minimum atomic E-state index is 0.103. The van der Waals surface area contributed by atoms with Crippen LogP contribution in [0.1, 0.15) is 44.6 Å². The number of nitrogens with one attached hydrogen (secondary N) is 1. The first-order chi connectivity index (χ1) is 18.4. The molecule has 2 saturated heterocycles. The summed E-state index contributed by atoms with van der Waals surface area (Å²) in [6.07, 6.45) is 0.869. The highest BCUT2D eigenvalue weighted by molar-refractivity contribution is 5.96. The molecule has 2 aliphatic heterocycles. The van der Waals surface area contributed by atoms with Crippen LogP contribution >= 0.6 is 0 Å². The maximum atomic E-state index is 13.6. The summed E-state index contributed by atoms with van der Waals surface area (Å²) >= 11 is 0. The Balaban J connectivity index is 1.23. The van der Waals surface area contributed by atoms with E-state index in [0.29, 0.717) is 18.7 Å². The molecule has 1 unspecified atom stereocenters. The largest absolute Gasteiger partial charge is 0.379 e. The van der Waals surface area contributed by atoms with E-state index in [1.165, 1.54) is 22.4 Å². The van der Waals surface area contributed by atoms with Gasteiger partial charge in [0.1, 0.15) is 6.07 Å². The molecule has 38 heavy (non-hydrogen) atoms. The number of likely N-dealkylation sites (tertiary alicyclic amines) is 1. The molecule has 0 saturated carbocycles. The van der Waals surface area contributed by atoms with Crippen molar-refractivity contribution in [1.82, 2.24) is 9.80 Å². The number of amides is 1. The van der Waals surface area contributed by atoms with Crippen molar-refractivity contribution in [2.75, 3.05) is 49.5 Å². The van der Waals surface area contributed by atoms with Crippen LogP contribution in [0, 0.1) is 32.1 Å². The Bertz CT molecular complexity index is 1350. The molecular formula is C32H37N5O. The van der Waals surface area contributed by atoms with E-state index >= 15 is 0 Å². The summed E-state index contributed by atoms with van der Waals surface area (Å²) in [6, 6.07) is 22.9. The molecule has 6 nitrogen and oxygen atoms in total. The molecule has 1 N–H and O–H groups in total. The molecule has 0 radical (unpaired) electrons. The second-order valence-corrected chi connectivity index (χ2v) is 10.7. The van der Waals surface area contributed by atoms with Crippen LogP contribution in [0.15, 0.2) is 60.7 Å². The van der Waals surface area contributed by atoms with Gasteiger partial charge in [0.05, 0.1) is 11.3 Å². The first kappa shape index (κ1) is 25.8. The van der Waals surface area contributed by atoms with Crippen molar-refractivity contribution < 1.29 is 4.79 Å². The average Bonchev–Trinajstić information content (AvgIpc) is 3.39. The maximum absolute atomic E-state index is 13.6. The molecule has 2 aliphatic rings. The zero-order chi connectivity index (χ0) is 26.6. The monoisotopic (exact) mass is 507 g/mol. The van der Waals surface area contributed by atoms with Crippen LogP contribution in [0.2, 0.25) is 0 Å². The number of hydrogen-bond acceptors (Lipinski definition) is 5. The van der Waals surface area contributed by atoms with E-state index in [-0.39, 0.29) is 11.9 Å². The highest BCUT2D eigenvalue weighted by Crippen LogP contribution is 2.25. The van der Waals surface area contributed by atoms with E-state index in [2.05, 4.69) is 71.4 Å². The normalized spacial score (nSPS) is 17.9. The van der Waals surface area contributed by atoms with Gasteiger partial charge in [-0.25, -0.2) is 0 Å². The van der Waals surface area contributed by atoms with Crippen molar-refractivity contribution in [3.63, 3.8) is 0 Å². The highest BCUT2D eigenvalue weighted by Gasteiger charge is 2.29. The lowest BCUT2D eigenvalue weighted by molar-refractivity contribution is 0.0790. The van der Waals surface area contributed by atoms with E-state index in [9.17, 15) is 10.1 Å². The average molecular weight is 508 g/mol. The summed E-state index contributed by atoms with van der Waals surface area (Å²) in [5.74, 6) is 0.103. The molecule has 1 amide bonds. The van der Waals surface area contributed by atoms with E-state index in [1.54, 1.807) is 0 Å². The number of anilines is 2. The lowest BCUT2D eigenvalue weighted by Gasteiger charge is -2.37. The quantitative estimate of drug-likeness (QED) is 0.501. The van der Waals surface area contributed by atoms with Gasteiger partial charge in [-0.3, -0.25) is 9.69 Å². The molecule has 2 heterocycles. The molecule has 0 bridgehead atoms. The second-order valence-electron chi connectivity index (χ2n) is 10.7. The van der Waals surface area contributed by atoms with Gasteiger partial charge in [-0.1, -0.05) is 36.4 Å². The van der Waals surface area contributed by atoms with Crippen molar-refractivity contribution in [3.05, 3.63) is 94.0 Å². The molecule has 0 aromatic heterocycles. The Morgan fingerprint density at radius 1 is 0.921 bits per heavy atom. The summed E-state index contributed by atoms with van der Waals surface area (Å²) in [5.41, 5.74) is 8.46. The number of piperazine rings is 1. The van der Waals surface area contributed by atoms with Gasteiger partial charge < -0.3 is 15.1 Å². The van der Waals surface area contributed by atoms with Gasteiger partial charge in [0, 0.05) is 63.1 Å². The number of hydrogen-bond donors (Lipinski definition) is 1. The van der Waals surface area contributed by atoms with Crippen molar-refractivity contribution in [2.24, 2.45) is 0 Å². The third-order valence-corrected chi connectivity index (χ3v) is 8.02. The van der Waals surface area contributed by atoms with Crippen LogP contribution in [-0.4, -0.2) is 61.0 Å². The van der Waals surface area contributed by atoms with Crippen LogP contribution in [0.3, 0.4) is 0 Å². The van der Waals surface area contributed by atoms with Gasteiger partial charge in [0.2, 0.25) is 0 Å². The SMILES string of the molecule is Cc1cc(C)c(C(=O)N2CCC(Nc3ccccc3C#N)C2)cc1CN1CCN(c2ccccc2C)CC1. The highest BCUT2D eigenvalue weighted by atomic mass is 16.2. The minimum absolute atomic E-state index is 0.103. The molecule has 6 heteroatoms. The smallest absolute Gasteiger partial charge is 0.254 e. The minimum Gasteiger partial charge on any atom is -0.379 e. The molecule has 0 spiro atoms. The summed E-state index contributed by atoms with van der Waals surface area (Å²) in [5, 5.41) is 12.9. The second kappa shape index (κ2) is 11.3. The Labute approximate surface area is 226 Å². The van der Waals surface area contributed by atoms with Crippen molar-refractivity contribution >= 4 is 17.3 Å². The van der Waals surface area contributed by atoms with Crippen LogP contribution in [0.4, 0.5) is 11.4 Å². The predicted molar refractivity (Wildman–Crippen MR) is 154 cm³/mol. The molecule has 196 valence electrons. The molecule has 0 aliphatic carbocycles. The Kier molecular flexibility index (Phi) is 7.67. The van der Waals surface area contributed by atoms with Gasteiger partial charge in [-0.05, 0) is 73.7 Å². The fourth-order valence-electron chi connectivity index (χ4n) is 5.76. The van der Waals surface area contributed by atoms with Crippen LogP contribution in [0.25, 0.3) is 0 Å². The maximum Gasteiger partial charge on any atom is 0.254 e. The first-order valence-corrected chi connectivity index (χ1v) is 13.6. The number of carbonyl (C=O) groups excluding carboxylic acids is 1. The molecular weight excluding hydrogens is 470 g/mol. The number of rotatable bonds is 6. The lowest BCUT2D eigenvalue weighted by Crippen LogP contribution is -2.46. The third kappa shape index (κ3) is 5.54. The fraction of sp³-hybridized carbons (Fsp3) is 0.375. The van der Waals surface area contributed by atoms with E-state index < -0.39 is 0 Å². The van der Waals surface area contributed by atoms with Crippen LogP contribution in [0.5, 0.6) is 0 Å². The standard InChI is InChI=1S/C32H37N5O/c1-23-8-4-7-11-31(23)36-16-14-35(15-17-36)21-27-19-29(25(3)18-24(27)2)32(38)37-13-12-28(22-37)34-30-10-6-5-9-26(30)20-33/h4-11,18-19,28,34H,12-17,21-22H2,1-3H3. The number of para-hydroxylation sites is 2. The van der Waals surface area contributed by atoms with Crippen LogP contribution in [-0.2, 0) is 6.54 Å². The van der Waals surface area contributed by atoms with Crippen molar-refractivity contribution in [2.45, 2.75) is 39.8 Å². The van der Waals surface area contributed by atoms with Gasteiger partial charge in [-0.15, -0.1) is 0 Å². The Morgan fingerprint density at radius 2 is 1.66 bits per heavy atom. The number of carbonyl (C=O) groups is 1. The van der Waals surface area contributed by atoms with Crippen molar-refractivity contribution in [1.29, 1.82) is 5.26 Å². The molecule has 2 fully saturated rings. The molecule has 5 rings (SSSR count). The van der Waals surface area contributed by atoms with Crippen LogP contribution < -0.4 is 10.2 Å². The Morgan fingerprint density at radius 3 is 2.42 bits per heavy atom. The van der Waals surface area contributed by atoms with E-state index in [4.69, 9.17) is 0 Å². The zero-order valence-electron chi connectivity index (χ0n) is 22.7. The van der Waals surface area contributed by atoms with Crippen molar-refractivity contribution in [3.8, 4) is 6.07 Å². The number of nitrogens with zero attached hydrogens (tertiary/aromatic N) is 4. The number of nitriles is 1. The fourth-order valence-corrected chi connectivity index (χ4v) is 5.76. The van der Waals surface area contributed by atoms with Gasteiger partial charge in [0.15, 0.2) is 0 Å². The summed E-state index contributed by atoms with van der Waals surface area (Å²) in [7, 11) is 0. The summed E-state index contributed by atoms with van der Waals surface area (Å²) in [6.45, 7) is 12.6. The molecule has 3 aromatic carbocycles. The van der Waals surface area contributed by atoms with Gasteiger partial charge >= 0.3 is 0 Å².